The van der Waals surface area contributed by atoms with Gasteiger partial charge in [-0.15, -0.1) is 0 Å². The van der Waals surface area contributed by atoms with E-state index in [2.05, 4.69) is 6.08 Å². The van der Waals surface area contributed by atoms with Crippen LogP contribution >= 0.6 is 0 Å². The average molecular weight is 164 g/mol. The molecule has 1 heteroatoms. The molecule has 0 fully saturated rings. The molecule has 0 aromatic carbocycles. The Kier molecular flexibility index (Phi) is 2.20. The molecule has 0 unspecified atom stereocenters. The van der Waals surface area contributed by atoms with E-state index in [9.17, 15) is 0 Å². The van der Waals surface area contributed by atoms with Crippen LogP contribution in [0.4, 0.5) is 0 Å². The molecule has 0 saturated carbocycles. The van der Waals surface area contributed by atoms with E-state index in [4.69, 9.17) is 4.74 Å². The van der Waals surface area contributed by atoms with Crippen LogP contribution in [0.1, 0.15) is 38.5 Å². The van der Waals surface area contributed by atoms with Crippen LogP contribution in [0, 0.1) is 0 Å². The van der Waals surface area contributed by atoms with Crippen molar-refractivity contribution in [2.45, 2.75) is 38.5 Å². The Balaban J connectivity index is 2.09. The molecule has 12 heavy (non-hydrogen) atoms. The predicted octanol–water partition coefficient (Wildman–Crippen LogP) is 3.18. The molecule has 0 aliphatic heterocycles. The van der Waals surface area contributed by atoms with Gasteiger partial charge >= 0.3 is 0 Å². The molecule has 0 saturated heterocycles. The van der Waals surface area contributed by atoms with Crippen LogP contribution in [0.3, 0.4) is 0 Å². The maximum absolute atomic E-state index is 5.27. The van der Waals surface area contributed by atoms with Crippen molar-refractivity contribution in [3.8, 4) is 0 Å². The third-order valence-corrected chi connectivity index (χ3v) is 2.93. The molecular formula is C11H16O. The quantitative estimate of drug-likeness (QED) is 0.541. The molecular weight excluding hydrogens is 148 g/mol. The van der Waals surface area contributed by atoms with Gasteiger partial charge in [-0.1, -0.05) is 11.1 Å². The Morgan fingerprint density at radius 1 is 1.17 bits per heavy atom. The monoisotopic (exact) mass is 164 g/mol. The molecule has 2 aliphatic rings. The van der Waals surface area contributed by atoms with Crippen molar-refractivity contribution in [2.75, 3.05) is 7.11 Å². The normalized spacial score (nSPS) is 23.2. The zero-order valence-electron chi connectivity index (χ0n) is 7.73. The lowest BCUT2D eigenvalue weighted by molar-refractivity contribution is 0.277. The third-order valence-electron chi connectivity index (χ3n) is 2.93. The molecule has 0 atom stereocenters. The minimum atomic E-state index is 1.09. The van der Waals surface area contributed by atoms with E-state index in [0.717, 1.165) is 12.8 Å². The van der Waals surface area contributed by atoms with E-state index < -0.39 is 0 Å². The van der Waals surface area contributed by atoms with Gasteiger partial charge in [0.05, 0.1) is 12.9 Å². The second-order valence-electron chi connectivity index (χ2n) is 3.67. The number of hydrogen-bond acceptors (Lipinski definition) is 1. The van der Waals surface area contributed by atoms with Crippen molar-refractivity contribution in [1.82, 2.24) is 0 Å². The SMILES string of the molecule is COC1=CCC2=C(CCCC2)C1. The number of hydrogen-bond donors (Lipinski definition) is 0. The summed E-state index contributed by atoms with van der Waals surface area (Å²) in [4.78, 5) is 0. The number of allylic oxidation sites excluding steroid dienone is 3. The summed E-state index contributed by atoms with van der Waals surface area (Å²) < 4.78 is 5.27. The van der Waals surface area contributed by atoms with Crippen molar-refractivity contribution in [2.24, 2.45) is 0 Å². The highest BCUT2D eigenvalue weighted by atomic mass is 16.5. The molecule has 0 N–H and O–H groups in total. The van der Waals surface area contributed by atoms with Gasteiger partial charge in [0.2, 0.25) is 0 Å². The second-order valence-corrected chi connectivity index (χ2v) is 3.67. The lowest BCUT2D eigenvalue weighted by Gasteiger charge is -2.24. The smallest absolute Gasteiger partial charge is 0.0959 e. The summed E-state index contributed by atoms with van der Waals surface area (Å²) in [5.74, 6) is 1.18. The Morgan fingerprint density at radius 2 is 1.92 bits per heavy atom. The molecule has 2 aliphatic carbocycles. The van der Waals surface area contributed by atoms with Crippen LogP contribution in [0.15, 0.2) is 23.0 Å². The molecule has 0 radical (unpaired) electrons. The van der Waals surface area contributed by atoms with Crippen LogP contribution < -0.4 is 0 Å². The second kappa shape index (κ2) is 3.34. The minimum absolute atomic E-state index is 1.09. The summed E-state index contributed by atoms with van der Waals surface area (Å²) in [7, 11) is 1.78. The molecule has 0 aromatic rings. The Bertz CT molecular complexity index is 235. The van der Waals surface area contributed by atoms with Crippen molar-refractivity contribution in [3.63, 3.8) is 0 Å². The molecule has 66 valence electrons. The van der Waals surface area contributed by atoms with Crippen molar-refractivity contribution in [1.29, 1.82) is 0 Å². The van der Waals surface area contributed by atoms with Crippen LogP contribution in [0.5, 0.6) is 0 Å². The van der Waals surface area contributed by atoms with Gasteiger partial charge in [-0.25, -0.2) is 0 Å². The van der Waals surface area contributed by atoms with Crippen LogP contribution in [-0.4, -0.2) is 7.11 Å². The van der Waals surface area contributed by atoms with E-state index in [1.54, 1.807) is 18.3 Å². The summed E-state index contributed by atoms with van der Waals surface area (Å²) in [6.07, 6.45) is 9.91. The molecule has 1 nitrogen and oxygen atoms in total. The molecule has 0 spiro atoms. The van der Waals surface area contributed by atoms with Crippen molar-refractivity contribution in [3.05, 3.63) is 23.0 Å². The topological polar surface area (TPSA) is 9.23 Å². The van der Waals surface area contributed by atoms with Crippen molar-refractivity contribution >= 4 is 0 Å². The standard InChI is InChI=1S/C11H16O/c1-12-11-7-6-9-4-2-3-5-10(9)8-11/h7H,2-6,8H2,1H3. The van der Waals surface area contributed by atoms with Gasteiger partial charge in [-0.05, 0) is 38.2 Å². The largest absolute Gasteiger partial charge is 0.501 e. The van der Waals surface area contributed by atoms with E-state index in [1.807, 2.05) is 0 Å². The Labute approximate surface area is 74.1 Å². The van der Waals surface area contributed by atoms with Gasteiger partial charge < -0.3 is 4.74 Å². The minimum Gasteiger partial charge on any atom is -0.501 e. The fourth-order valence-corrected chi connectivity index (χ4v) is 2.17. The summed E-state index contributed by atoms with van der Waals surface area (Å²) in [6.45, 7) is 0. The van der Waals surface area contributed by atoms with E-state index >= 15 is 0 Å². The number of methoxy groups -OCH3 is 1. The fourth-order valence-electron chi connectivity index (χ4n) is 2.17. The van der Waals surface area contributed by atoms with Gasteiger partial charge in [0.15, 0.2) is 0 Å². The van der Waals surface area contributed by atoms with Crippen molar-refractivity contribution < 1.29 is 4.74 Å². The maximum Gasteiger partial charge on any atom is 0.0959 e. The summed E-state index contributed by atoms with van der Waals surface area (Å²) in [5, 5.41) is 0. The Hall–Kier alpha value is -0.720. The van der Waals surface area contributed by atoms with E-state index in [1.165, 1.54) is 31.4 Å². The van der Waals surface area contributed by atoms with Gasteiger partial charge in [-0.2, -0.15) is 0 Å². The Morgan fingerprint density at radius 3 is 2.67 bits per heavy atom. The van der Waals surface area contributed by atoms with Crippen LogP contribution in [0.2, 0.25) is 0 Å². The summed E-state index contributed by atoms with van der Waals surface area (Å²) in [5.41, 5.74) is 3.36. The van der Waals surface area contributed by atoms with E-state index in [0.29, 0.717) is 0 Å². The zero-order valence-corrected chi connectivity index (χ0v) is 7.73. The zero-order chi connectivity index (χ0) is 8.39. The van der Waals surface area contributed by atoms with E-state index in [-0.39, 0.29) is 0 Å². The lowest BCUT2D eigenvalue weighted by atomic mass is 9.85. The van der Waals surface area contributed by atoms with Gasteiger partial charge in [-0.3, -0.25) is 0 Å². The first-order valence-corrected chi connectivity index (χ1v) is 4.83. The third kappa shape index (κ3) is 1.40. The molecule has 0 bridgehead atoms. The fraction of sp³-hybridized carbons (Fsp3) is 0.636. The van der Waals surface area contributed by atoms with Crippen LogP contribution in [0.25, 0.3) is 0 Å². The highest BCUT2D eigenvalue weighted by Crippen LogP contribution is 2.34. The summed E-state index contributed by atoms with van der Waals surface area (Å²) >= 11 is 0. The molecule has 0 amide bonds. The first kappa shape index (κ1) is 7.90. The van der Waals surface area contributed by atoms with Gasteiger partial charge in [0, 0.05) is 6.42 Å². The maximum atomic E-state index is 5.27. The number of rotatable bonds is 1. The average Bonchev–Trinajstić information content (AvgIpc) is 2.17. The highest BCUT2D eigenvalue weighted by molar-refractivity contribution is 5.28. The van der Waals surface area contributed by atoms with Gasteiger partial charge in [0.25, 0.3) is 0 Å². The molecule has 2 rings (SSSR count). The molecule has 0 aromatic heterocycles. The number of ether oxygens (including phenoxy) is 1. The van der Waals surface area contributed by atoms with Crippen LogP contribution in [-0.2, 0) is 4.74 Å². The van der Waals surface area contributed by atoms with Gasteiger partial charge in [0.1, 0.15) is 0 Å². The first-order chi connectivity index (χ1) is 5.90. The predicted molar refractivity (Wildman–Crippen MR) is 49.8 cm³/mol. The lowest BCUT2D eigenvalue weighted by Crippen LogP contribution is -2.06. The first-order valence-electron chi connectivity index (χ1n) is 4.83. The highest BCUT2D eigenvalue weighted by Gasteiger charge is 2.17. The summed E-state index contributed by atoms with van der Waals surface area (Å²) in [6, 6.07) is 0. The molecule has 0 heterocycles.